The van der Waals surface area contributed by atoms with Gasteiger partial charge in [-0.25, -0.2) is 8.42 Å². The molecule has 2 aromatic rings. The maximum atomic E-state index is 12.4. The Morgan fingerprint density at radius 2 is 1.84 bits per heavy atom. The van der Waals surface area contributed by atoms with Crippen molar-refractivity contribution in [3.05, 3.63) is 54.1 Å². The molecule has 2 rings (SSSR count). The molecule has 0 spiro atoms. The molecular weight excluding hydrogens is 340 g/mol. The molecule has 0 saturated carbocycles. The highest BCUT2D eigenvalue weighted by Gasteiger charge is 2.22. The van der Waals surface area contributed by atoms with Gasteiger partial charge in [0.15, 0.2) is 0 Å². The zero-order chi connectivity index (χ0) is 18.4. The summed E-state index contributed by atoms with van der Waals surface area (Å²) in [5.74, 6) is 0.159. The number of rotatable bonds is 7. The molecule has 6 nitrogen and oxygen atoms in total. The quantitative estimate of drug-likeness (QED) is 0.793. The fraction of sp³-hybridized carbons (Fsp3) is 0.278. The molecule has 2 N–H and O–H groups in total. The van der Waals surface area contributed by atoms with Gasteiger partial charge in [-0.1, -0.05) is 12.1 Å². The molecule has 25 heavy (non-hydrogen) atoms. The molecule has 0 fully saturated rings. The van der Waals surface area contributed by atoms with Crippen molar-refractivity contribution < 1.29 is 17.9 Å². The Morgan fingerprint density at radius 1 is 1.16 bits per heavy atom. The molecule has 1 atom stereocenters. The van der Waals surface area contributed by atoms with Crippen LogP contribution in [0.2, 0.25) is 0 Å². The molecule has 0 unspecified atom stereocenters. The number of aryl methyl sites for hydroxylation is 1. The van der Waals surface area contributed by atoms with E-state index in [2.05, 4.69) is 10.0 Å². The molecule has 0 saturated heterocycles. The summed E-state index contributed by atoms with van der Waals surface area (Å²) in [5, 5.41) is 2.70. The smallest absolute Gasteiger partial charge is 0.242 e. The van der Waals surface area contributed by atoms with Crippen molar-refractivity contribution in [1.29, 1.82) is 0 Å². The lowest BCUT2D eigenvalue weighted by Gasteiger charge is -2.15. The van der Waals surface area contributed by atoms with E-state index in [0.29, 0.717) is 18.0 Å². The molecular formula is C18H22N2O4S. The summed E-state index contributed by atoms with van der Waals surface area (Å²) in [6, 6.07) is 12.4. The van der Waals surface area contributed by atoms with Crippen LogP contribution in [-0.4, -0.2) is 27.0 Å². The first-order chi connectivity index (χ1) is 11.8. The Bertz CT molecular complexity index is 832. The number of carbonyl (C=O) groups is 1. The molecule has 134 valence electrons. The highest BCUT2D eigenvalue weighted by atomic mass is 32.2. The lowest BCUT2D eigenvalue weighted by Crippen LogP contribution is -2.41. The van der Waals surface area contributed by atoms with Crippen molar-refractivity contribution in [3.63, 3.8) is 0 Å². The first kappa shape index (κ1) is 19.0. The SMILES string of the molecule is CCOc1ccc(S(=O)(=O)N[C@H](C)C(=O)Nc2cccc(C)c2)cc1. The van der Waals surface area contributed by atoms with Gasteiger partial charge in [0.2, 0.25) is 15.9 Å². The Hall–Kier alpha value is -2.38. The summed E-state index contributed by atoms with van der Waals surface area (Å²) in [7, 11) is -3.80. The number of nitrogens with one attached hydrogen (secondary N) is 2. The Morgan fingerprint density at radius 3 is 2.44 bits per heavy atom. The van der Waals surface area contributed by atoms with E-state index in [1.165, 1.54) is 19.1 Å². The summed E-state index contributed by atoms with van der Waals surface area (Å²) in [6.45, 7) is 5.76. The third-order valence-electron chi connectivity index (χ3n) is 3.46. The average Bonchev–Trinajstić information content (AvgIpc) is 2.55. The molecule has 7 heteroatoms. The lowest BCUT2D eigenvalue weighted by molar-refractivity contribution is -0.117. The lowest BCUT2D eigenvalue weighted by atomic mass is 10.2. The second-order valence-electron chi connectivity index (χ2n) is 5.61. The van der Waals surface area contributed by atoms with Gasteiger partial charge < -0.3 is 10.1 Å². The zero-order valence-electron chi connectivity index (χ0n) is 14.4. The van der Waals surface area contributed by atoms with Gasteiger partial charge in [0.25, 0.3) is 0 Å². The maximum absolute atomic E-state index is 12.4. The van der Waals surface area contributed by atoms with E-state index in [4.69, 9.17) is 4.74 Å². The second-order valence-corrected chi connectivity index (χ2v) is 7.32. The minimum atomic E-state index is -3.80. The van der Waals surface area contributed by atoms with Gasteiger partial charge >= 0.3 is 0 Å². The largest absolute Gasteiger partial charge is 0.494 e. The monoisotopic (exact) mass is 362 g/mol. The van der Waals surface area contributed by atoms with Gasteiger partial charge in [-0.2, -0.15) is 4.72 Å². The Balaban J connectivity index is 2.04. The number of benzene rings is 2. The molecule has 0 bridgehead atoms. The second kappa shape index (κ2) is 8.13. The summed E-state index contributed by atoms with van der Waals surface area (Å²) in [4.78, 5) is 12.3. The zero-order valence-corrected chi connectivity index (χ0v) is 15.3. The van der Waals surface area contributed by atoms with Crippen molar-refractivity contribution in [2.24, 2.45) is 0 Å². The topological polar surface area (TPSA) is 84.5 Å². The molecule has 0 aliphatic carbocycles. The van der Waals surface area contributed by atoms with Crippen LogP contribution in [0.4, 0.5) is 5.69 Å². The van der Waals surface area contributed by atoms with Crippen LogP contribution in [0, 0.1) is 6.92 Å². The number of sulfonamides is 1. The molecule has 0 heterocycles. The van der Waals surface area contributed by atoms with Crippen LogP contribution < -0.4 is 14.8 Å². The number of hydrogen-bond donors (Lipinski definition) is 2. The van der Waals surface area contributed by atoms with Crippen molar-refractivity contribution in [1.82, 2.24) is 4.72 Å². The van der Waals surface area contributed by atoms with E-state index in [9.17, 15) is 13.2 Å². The van der Waals surface area contributed by atoms with E-state index in [1.807, 2.05) is 32.0 Å². The first-order valence-corrected chi connectivity index (χ1v) is 9.43. The molecule has 0 radical (unpaired) electrons. The van der Waals surface area contributed by atoms with Gasteiger partial charge in [0.05, 0.1) is 17.5 Å². The standard InChI is InChI=1S/C18H22N2O4S/c1-4-24-16-8-10-17(11-9-16)25(22,23)20-14(3)18(21)19-15-7-5-6-13(2)12-15/h5-12,14,20H,4H2,1-3H3,(H,19,21)/t14-/m1/s1. The maximum Gasteiger partial charge on any atom is 0.242 e. The Kier molecular flexibility index (Phi) is 6.17. The van der Waals surface area contributed by atoms with Crippen LogP contribution in [0.5, 0.6) is 5.75 Å². The van der Waals surface area contributed by atoms with Crippen molar-refractivity contribution in [2.45, 2.75) is 31.7 Å². The third-order valence-corrected chi connectivity index (χ3v) is 5.01. The molecule has 0 aromatic heterocycles. The predicted octanol–water partition coefficient (Wildman–Crippen LogP) is 2.70. The highest BCUT2D eigenvalue weighted by molar-refractivity contribution is 7.89. The van der Waals surface area contributed by atoms with Crippen molar-refractivity contribution in [2.75, 3.05) is 11.9 Å². The number of hydrogen-bond acceptors (Lipinski definition) is 4. The molecule has 1 amide bonds. The van der Waals surface area contributed by atoms with Crippen LogP contribution in [0.15, 0.2) is 53.4 Å². The minimum absolute atomic E-state index is 0.0751. The van der Waals surface area contributed by atoms with Gasteiger partial charge in [0, 0.05) is 5.69 Å². The van der Waals surface area contributed by atoms with Crippen LogP contribution >= 0.6 is 0 Å². The van der Waals surface area contributed by atoms with Gasteiger partial charge in [-0.3, -0.25) is 4.79 Å². The molecule has 0 aliphatic rings. The van der Waals surface area contributed by atoms with E-state index in [1.54, 1.807) is 18.2 Å². The van der Waals surface area contributed by atoms with Gasteiger partial charge in [-0.15, -0.1) is 0 Å². The van der Waals surface area contributed by atoms with E-state index in [-0.39, 0.29) is 4.90 Å². The normalized spacial score (nSPS) is 12.4. The summed E-state index contributed by atoms with van der Waals surface area (Å²) >= 11 is 0. The molecule has 0 aliphatic heterocycles. The number of amides is 1. The Labute approximate surface area is 148 Å². The van der Waals surface area contributed by atoms with E-state index in [0.717, 1.165) is 5.56 Å². The third kappa shape index (κ3) is 5.30. The van der Waals surface area contributed by atoms with Gasteiger partial charge in [0.1, 0.15) is 5.75 Å². The predicted molar refractivity (Wildman–Crippen MR) is 97.2 cm³/mol. The fourth-order valence-corrected chi connectivity index (χ4v) is 3.41. The molecule has 2 aromatic carbocycles. The summed E-state index contributed by atoms with van der Waals surface area (Å²) in [6.07, 6.45) is 0. The van der Waals surface area contributed by atoms with E-state index < -0.39 is 22.0 Å². The van der Waals surface area contributed by atoms with Crippen LogP contribution in [0.25, 0.3) is 0 Å². The summed E-state index contributed by atoms with van der Waals surface area (Å²) < 4.78 is 32.4. The number of ether oxygens (including phenoxy) is 1. The number of anilines is 1. The van der Waals surface area contributed by atoms with Crippen molar-refractivity contribution in [3.8, 4) is 5.75 Å². The first-order valence-electron chi connectivity index (χ1n) is 7.94. The van der Waals surface area contributed by atoms with Gasteiger partial charge in [-0.05, 0) is 62.7 Å². The van der Waals surface area contributed by atoms with Crippen LogP contribution in [0.1, 0.15) is 19.4 Å². The van der Waals surface area contributed by atoms with Crippen LogP contribution in [-0.2, 0) is 14.8 Å². The van der Waals surface area contributed by atoms with Crippen molar-refractivity contribution >= 4 is 21.6 Å². The number of carbonyl (C=O) groups excluding carboxylic acids is 1. The minimum Gasteiger partial charge on any atom is -0.494 e. The average molecular weight is 362 g/mol. The van der Waals surface area contributed by atoms with E-state index >= 15 is 0 Å². The van der Waals surface area contributed by atoms with Crippen LogP contribution in [0.3, 0.4) is 0 Å². The summed E-state index contributed by atoms with van der Waals surface area (Å²) in [5.41, 5.74) is 1.62. The highest BCUT2D eigenvalue weighted by Crippen LogP contribution is 2.16. The fourth-order valence-electron chi connectivity index (χ4n) is 2.21.